The van der Waals surface area contributed by atoms with Crippen LogP contribution in [0.25, 0.3) is 0 Å². The van der Waals surface area contributed by atoms with Crippen molar-refractivity contribution in [1.82, 2.24) is 10.7 Å². The number of para-hydroxylation sites is 1. The van der Waals surface area contributed by atoms with E-state index in [4.69, 9.17) is 0 Å². The van der Waals surface area contributed by atoms with E-state index in [1.54, 1.807) is 6.92 Å². The van der Waals surface area contributed by atoms with Gasteiger partial charge in [-0.3, -0.25) is 10.9 Å². The van der Waals surface area contributed by atoms with Crippen LogP contribution in [0.3, 0.4) is 0 Å². The molecule has 1 rings (SSSR count). The van der Waals surface area contributed by atoms with Crippen molar-refractivity contribution in [3.05, 3.63) is 29.8 Å². The number of halogens is 3. The van der Waals surface area contributed by atoms with Crippen LogP contribution in [0.4, 0.5) is 23.7 Å². The predicted octanol–water partition coefficient (Wildman–Crippen LogP) is 3.13. The molecule has 2 amide bonds. The highest BCUT2D eigenvalue weighted by atomic mass is 19.4. The molecule has 0 heterocycles. The molecule has 4 N–H and O–H groups in total. The molecule has 130 valence electrons. The predicted molar refractivity (Wildman–Crippen MR) is 81.7 cm³/mol. The Morgan fingerprint density at radius 1 is 1.26 bits per heavy atom. The molecule has 23 heavy (non-hydrogen) atoms. The first-order chi connectivity index (χ1) is 10.5. The largest absolute Gasteiger partial charge is 0.418 e. The summed E-state index contributed by atoms with van der Waals surface area (Å²) >= 11 is 0. The Balaban J connectivity index is 2.55. The summed E-state index contributed by atoms with van der Waals surface area (Å²) in [6.07, 6.45) is -4.54. The lowest BCUT2D eigenvalue weighted by Gasteiger charge is -2.26. The number of alkyl halides is 3. The second-order valence-electron chi connectivity index (χ2n) is 6.19. The zero-order chi connectivity index (χ0) is 17.7. The number of aliphatic hydroxyl groups excluding tert-OH is 1. The molecule has 0 aliphatic carbocycles. The van der Waals surface area contributed by atoms with E-state index in [2.05, 4.69) is 16.2 Å². The standard InChI is InChI=1S/C15H22F3N3O2/c1-10(22)8-14(2,3)9-19-13(23)21-20-12-7-5-4-6-11(12)15(16,17)18/h4-7,10,20,22H,8-9H2,1-3H3,(H2,19,21,23). The first-order valence-electron chi connectivity index (χ1n) is 7.15. The Morgan fingerprint density at radius 3 is 2.43 bits per heavy atom. The van der Waals surface area contributed by atoms with Gasteiger partial charge in [-0.05, 0) is 30.9 Å². The van der Waals surface area contributed by atoms with Gasteiger partial charge in [0.2, 0.25) is 0 Å². The van der Waals surface area contributed by atoms with Gasteiger partial charge in [0.15, 0.2) is 0 Å². The summed E-state index contributed by atoms with van der Waals surface area (Å²) in [5.41, 5.74) is 3.00. The van der Waals surface area contributed by atoms with Crippen molar-refractivity contribution in [2.45, 2.75) is 39.5 Å². The molecule has 1 unspecified atom stereocenters. The van der Waals surface area contributed by atoms with E-state index in [1.807, 2.05) is 13.8 Å². The van der Waals surface area contributed by atoms with Crippen LogP contribution in [-0.4, -0.2) is 23.8 Å². The molecule has 1 atom stereocenters. The van der Waals surface area contributed by atoms with Crippen molar-refractivity contribution in [3.8, 4) is 0 Å². The van der Waals surface area contributed by atoms with Gasteiger partial charge >= 0.3 is 12.2 Å². The summed E-state index contributed by atoms with van der Waals surface area (Å²) in [5, 5.41) is 11.9. The molecule has 0 aliphatic heterocycles. The maximum absolute atomic E-state index is 12.8. The lowest BCUT2D eigenvalue weighted by Crippen LogP contribution is -2.43. The summed E-state index contributed by atoms with van der Waals surface area (Å²) in [5.74, 6) is 0. The second kappa shape index (κ2) is 7.54. The van der Waals surface area contributed by atoms with Crippen molar-refractivity contribution in [3.63, 3.8) is 0 Å². The number of amides is 2. The molecule has 5 nitrogen and oxygen atoms in total. The average Bonchev–Trinajstić information content (AvgIpc) is 2.41. The number of carbonyl (C=O) groups is 1. The highest BCUT2D eigenvalue weighted by Crippen LogP contribution is 2.34. The van der Waals surface area contributed by atoms with Gasteiger partial charge in [0.1, 0.15) is 0 Å². The Morgan fingerprint density at radius 2 is 1.87 bits per heavy atom. The quantitative estimate of drug-likeness (QED) is 0.604. The van der Waals surface area contributed by atoms with Crippen LogP contribution in [-0.2, 0) is 6.18 Å². The number of benzene rings is 1. The molecule has 0 radical (unpaired) electrons. The third-order valence-electron chi connectivity index (χ3n) is 3.12. The first kappa shape index (κ1) is 19.1. The van der Waals surface area contributed by atoms with Crippen molar-refractivity contribution in [2.75, 3.05) is 12.0 Å². The summed E-state index contributed by atoms with van der Waals surface area (Å²) in [7, 11) is 0. The number of urea groups is 1. The van der Waals surface area contributed by atoms with E-state index in [9.17, 15) is 23.1 Å². The van der Waals surface area contributed by atoms with E-state index in [0.717, 1.165) is 6.07 Å². The normalized spacial score (nSPS) is 13.3. The number of carbonyl (C=O) groups excluding carboxylic acids is 1. The van der Waals surface area contributed by atoms with Crippen LogP contribution in [0.2, 0.25) is 0 Å². The minimum atomic E-state index is -4.51. The number of hydrogen-bond donors (Lipinski definition) is 4. The molecule has 0 saturated carbocycles. The van der Waals surface area contributed by atoms with Crippen molar-refractivity contribution >= 4 is 11.7 Å². The van der Waals surface area contributed by atoms with Gasteiger partial charge in [-0.1, -0.05) is 26.0 Å². The second-order valence-corrected chi connectivity index (χ2v) is 6.19. The third-order valence-corrected chi connectivity index (χ3v) is 3.12. The van der Waals surface area contributed by atoms with Crippen molar-refractivity contribution in [1.29, 1.82) is 0 Å². The van der Waals surface area contributed by atoms with Gasteiger partial charge in [0.25, 0.3) is 0 Å². The molecular formula is C15H22F3N3O2. The van der Waals surface area contributed by atoms with Crippen LogP contribution < -0.4 is 16.2 Å². The molecule has 0 spiro atoms. The lowest BCUT2D eigenvalue weighted by molar-refractivity contribution is -0.137. The average molecular weight is 333 g/mol. The van der Waals surface area contributed by atoms with Crippen LogP contribution in [0, 0.1) is 5.41 Å². The van der Waals surface area contributed by atoms with E-state index < -0.39 is 23.9 Å². The molecule has 0 saturated heterocycles. The minimum absolute atomic E-state index is 0.238. The van der Waals surface area contributed by atoms with Gasteiger partial charge in [0, 0.05) is 6.54 Å². The topological polar surface area (TPSA) is 73.4 Å². The van der Waals surface area contributed by atoms with Gasteiger partial charge in [-0.15, -0.1) is 0 Å². The van der Waals surface area contributed by atoms with E-state index in [1.165, 1.54) is 18.2 Å². The number of rotatable bonds is 6. The monoisotopic (exact) mass is 333 g/mol. The van der Waals surface area contributed by atoms with Crippen LogP contribution in [0.15, 0.2) is 24.3 Å². The maximum Gasteiger partial charge on any atom is 0.418 e. The molecule has 0 fully saturated rings. The van der Waals surface area contributed by atoms with Gasteiger partial charge in [-0.2, -0.15) is 13.2 Å². The number of aliphatic hydroxyl groups is 1. The number of hydrazine groups is 1. The fraction of sp³-hybridized carbons (Fsp3) is 0.533. The zero-order valence-corrected chi connectivity index (χ0v) is 13.3. The number of anilines is 1. The fourth-order valence-electron chi connectivity index (χ4n) is 2.20. The zero-order valence-electron chi connectivity index (χ0n) is 13.3. The van der Waals surface area contributed by atoms with Crippen LogP contribution in [0.5, 0.6) is 0 Å². The van der Waals surface area contributed by atoms with Gasteiger partial charge in [0.05, 0.1) is 17.4 Å². The van der Waals surface area contributed by atoms with Gasteiger partial charge < -0.3 is 10.4 Å². The van der Waals surface area contributed by atoms with E-state index in [0.29, 0.717) is 6.42 Å². The lowest BCUT2D eigenvalue weighted by atomic mass is 9.87. The Hall–Kier alpha value is -1.96. The van der Waals surface area contributed by atoms with Crippen LogP contribution in [0.1, 0.15) is 32.8 Å². The van der Waals surface area contributed by atoms with Crippen molar-refractivity contribution in [2.24, 2.45) is 5.41 Å². The molecule has 0 aliphatic rings. The third kappa shape index (κ3) is 6.77. The summed E-state index contributed by atoms with van der Waals surface area (Å²) < 4.78 is 38.4. The minimum Gasteiger partial charge on any atom is -0.393 e. The molecule has 0 bridgehead atoms. The SMILES string of the molecule is CC(O)CC(C)(C)CNC(=O)NNc1ccccc1C(F)(F)F. The first-order valence-corrected chi connectivity index (χ1v) is 7.15. The summed E-state index contributed by atoms with van der Waals surface area (Å²) in [4.78, 5) is 11.7. The van der Waals surface area contributed by atoms with E-state index in [-0.39, 0.29) is 17.6 Å². The molecule has 0 aromatic heterocycles. The van der Waals surface area contributed by atoms with Gasteiger partial charge in [-0.25, -0.2) is 4.79 Å². The summed E-state index contributed by atoms with van der Waals surface area (Å²) in [6, 6.07) is 4.20. The maximum atomic E-state index is 12.8. The highest BCUT2D eigenvalue weighted by molar-refractivity contribution is 5.75. The number of nitrogens with one attached hydrogen (secondary N) is 3. The molecule has 8 heteroatoms. The Labute approximate surface area is 133 Å². The number of hydrogen-bond acceptors (Lipinski definition) is 3. The fourth-order valence-corrected chi connectivity index (χ4v) is 2.20. The Bertz CT molecular complexity index is 531. The smallest absolute Gasteiger partial charge is 0.393 e. The Kier molecular flexibility index (Phi) is 6.26. The summed E-state index contributed by atoms with van der Waals surface area (Å²) in [6.45, 7) is 5.66. The molecule has 1 aromatic carbocycles. The molecular weight excluding hydrogens is 311 g/mol. The van der Waals surface area contributed by atoms with Crippen molar-refractivity contribution < 1.29 is 23.1 Å². The molecule has 1 aromatic rings. The van der Waals surface area contributed by atoms with E-state index >= 15 is 0 Å². The van der Waals surface area contributed by atoms with Crippen LogP contribution >= 0.6 is 0 Å². The highest BCUT2D eigenvalue weighted by Gasteiger charge is 2.33.